The number of rotatable bonds is 3. The number of hydrogen-bond acceptors (Lipinski definition) is 3. The summed E-state index contributed by atoms with van der Waals surface area (Å²) in [5.74, 6) is -0.358. The van der Waals surface area contributed by atoms with Gasteiger partial charge in [-0.3, -0.25) is 0 Å². The number of alkyl carbamates (subject to hydrolysis) is 1. The smallest absolute Gasteiger partial charge is 0.408 e. The summed E-state index contributed by atoms with van der Waals surface area (Å²) < 4.78 is 18.7. The highest BCUT2D eigenvalue weighted by Gasteiger charge is 2.21. The summed E-state index contributed by atoms with van der Waals surface area (Å²) in [6.45, 7) is 5.51. The van der Waals surface area contributed by atoms with Crippen LogP contribution in [0.4, 0.5) is 9.18 Å². The fourth-order valence-corrected chi connectivity index (χ4v) is 2.12. The topological polar surface area (TPSA) is 64.3 Å². The summed E-state index contributed by atoms with van der Waals surface area (Å²) in [6, 6.07) is 3.78. The van der Waals surface area contributed by atoms with Crippen LogP contribution < -0.4 is 11.1 Å². The third-order valence-electron chi connectivity index (χ3n) is 2.26. The van der Waals surface area contributed by atoms with Crippen molar-refractivity contribution in [1.29, 1.82) is 0 Å². The Morgan fingerprint density at radius 2 is 2.16 bits per heavy atom. The normalized spacial score (nSPS) is 12.9. The van der Waals surface area contributed by atoms with Crippen LogP contribution >= 0.6 is 15.9 Å². The van der Waals surface area contributed by atoms with Crippen LogP contribution in [0.5, 0.6) is 0 Å². The lowest BCUT2D eigenvalue weighted by Gasteiger charge is -2.23. The van der Waals surface area contributed by atoms with Crippen molar-refractivity contribution in [3.8, 4) is 0 Å². The van der Waals surface area contributed by atoms with Crippen LogP contribution in [-0.4, -0.2) is 18.2 Å². The first kappa shape index (κ1) is 15.9. The Morgan fingerprint density at radius 3 is 2.63 bits per heavy atom. The van der Waals surface area contributed by atoms with E-state index >= 15 is 0 Å². The zero-order chi connectivity index (χ0) is 14.6. The van der Waals surface area contributed by atoms with Crippen LogP contribution in [0, 0.1) is 5.82 Å². The number of benzene rings is 1. The minimum Gasteiger partial charge on any atom is -0.444 e. The molecule has 0 aliphatic heterocycles. The van der Waals surface area contributed by atoms with Gasteiger partial charge in [-0.1, -0.05) is 22.0 Å². The molecule has 3 N–H and O–H groups in total. The van der Waals surface area contributed by atoms with E-state index < -0.39 is 17.7 Å². The monoisotopic (exact) mass is 332 g/mol. The van der Waals surface area contributed by atoms with Crippen molar-refractivity contribution in [1.82, 2.24) is 5.32 Å². The van der Waals surface area contributed by atoms with E-state index in [1.807, 2.05) is 0 Å². The van der Waals surface area contributed by atoms with Gasteiger partial charge in [0.15, 0.2) is 0 Å². The molecule has 0 saturated carbocycles. The van der Waals surface area contributed by atoms with E-state index in [4.69, 9.17) is 10.5 Å². The second kappa shape index (κ2) is 6.34. The minimum absolute atomic E-state index is 0.184. The first-order valence-electron chi connectivity index (χ1n) is 5.87. The number of hydrogen-bond donors (Lipinski definition) is 2. The van der Waals surface area contributed by atoms with Crippen LogP contribution in [0.15, 0.2) is 22.7 Å². The number of nitrogens with two attached hydrogens (primary N) is 1. The molecule has 1 unspecified atom stereocenters. The summed E-state index contributed by atoms with van der Waals surface area (Å²) in [5.41, 5.74) is 5.76. The van der Waals surface area contributed by atoms with Crippen molar-refractivity contribution in [3.63, 3.8) is 0 Å². The maximum Gasteiger partial charge on any atom is 0.408 e. The average molecular weight is 333 g/mol. The molecule has 4 nitrogen and oxygen atoms in total. The van der Waals surface area contributed by atoms with Gasteiger partial charge < -0.3 is 15.8 Å². The third-order valence-corrected chi connectivity index (χ3v) is 2.95. The molecule has 1 amide bonds. The quantitative estimate of drug-likeness (QED) is 0.893. The number of carbonyl (C=O) groups is 1. The van der Waals surface area contributed by atoms with Crippen LogP contribution in [0.2, 0.25) is 0 Å². The molecule has 1 rings (SSSR count). The Bertz CT molecular complexity index is 460. The molecule has 0 bridgehead atoms. The molecular weight excluding hydrogens is 315 g/mol. The van der Waals surface area contributed by atoms with E-state index in [1.165, 1.54) is 12.1 Å². The number of amides is 1. The van der Waals surface area contributed by atoms with Crippen LogP contribution in [-0.2, 0) is 4.74 Å². The van der Waals surface area contributed by atoms with Gasteiger partial charge in [-0.25, -0.2) is 9.18 Å². The summed E-state index contributed by atoms with van der Waals surface area (Å²) >= 11 is 3.25. The molecule has 0 heterocycles. The standard InChI is InChI=1S/C13H18BrFN2O2/c1-13(2,3)19-12(18)17-11(7-16)9-5-4-8(15)6-10(9)14/h4-6,11H,7,16H2,1-3H3,(H,17,18). The van der Waals surface area contributed by atoms with E-state index in [2.05, 4.69) is 21.2 Å². The molecule has 0 aliphatic carbocycles. The van der Waals surface area contributed by atoms with E-state index in [1.54, 1.807) is 26.8 Å². The molecule has 106 valence electrons. The highest BCUT2D eigenvalue weighted by atomic mass is 79.9. The Labute approximate surface area is 120 Å². The molecule has 0 spiro atoms. The van der Waals surface area contributed by atoms with Gasteiger partial charge in [-0.15, -0.1) is 0 Å². The Kier molecular flexibility index (Phi) is 5.31. The SMILES string of the molecule is CC(C)(C)OC(=O)NC(CN)c1ccc(F)cc1Br. The maximum absolute atomic E-state index is 13.0. The first-order chi connectivity index (χ1) is 8.73. The molecule has 19 heavy (non-hydrogen) atoms. The Morgan fingerprint density at radius 1 is 1.53 bits per heavy atom. The van der Waals surface area contributed by atoms with Crippen molar-refractivity contribution in [2.45, 2.75) is 32.4 Å². The molecule has 0 aromatic heterocycles. The van der Waals surface area contributed by atoms with Gasteiger partial charge in [-0.05, 0) is 38.5 Å². The number of nitrogens with one attached hydrogen (secondary N) is 1. The van der Waals surface area contributed by atoms with Crippen molar-refractivity contribution < 1.29 is 13.9 Å². The molecule has 6 heteroatoms. The van der Waals surface area contributed by atoms with Crippen LogP contribution in [0.3, 0.4) is 0 Å². The molecule has 1 aromatic rings. The Hall–Kier alpha value is -1.14. The van der Waals surface area contributed by atoms with Crippen molar-refractivity contribution in [3.05, 3.63) is 34.1 Å². The zero-order valence-corrected chi connectivity index (χ0v) is 12.8. The third kappa shape index (κ3) is 5.16. The predicted octanol–water partition coefficient (Wildman–Crippen LogP) is 3.11. The van der Waals surface area contributed by atoms with E-state index in [9.17, 15) is 9.18 Å². The average Bonchev–Trinajstić information content (AvgIpc) is 2.24. The van der Waals surface area contributed by atoms with E-state index in [0.717, 1.165) is 0 Å². The highest BCUT2D eigenvalue weighted by molar-refractivity contribution is 9.10. The molecule has 0 aliphatic rings. The lowest BCUT2D eigenvalue weighted by atomic mass is 10.1. The van der Waals surface area contributed by atoms with Crippen LogP contribution in [0.25, 0.3) is 0 Å². The number of carbonyl (C=O) groups excluding carboxylic acids is 1. The first-order valence-corrected chi connectivity index (χ1v) is 6.67. The summed E-state index contributed by atoms with van der Waals surface area (Å²) in [5, 5.41) is 2.66. The number of halogens is 2. The molecular formula is C13H18BrFN2O2. The van der Waals surface area contributed by atoms with Gasteiger partial charge >= 0.3 is 6.09 Å². The fraction of sp³-hybridized carbons (Fsp3) is 0.462. The van der Waals surface area contributed by atoms with Gasteiger partial charge in [-0.2, -0.15) is 0 Å². The molecule has 0 radical (unpaired) electrons. The summed E-state index contributed by atoms with van der Waals surface area (Å²) in [4.78, 5) is 11.7. The predicted molar refractivity (Wildman–Crippen MR) is 75.3 cm³/mol. The largest absolute Gasteiger partial charge is 0.444 e. The maximum atomic E-state index is 13.0. The van der Waals surface area contributed by atoms with Crippen LogP contribution in [0.1, 0.15) is 32.4 Å². The lowest BCUT2D eigenvalue weighted by molar-refractivity contribution is 0.0505. The van der Waals surface area contributed by atoms with E-state index in [-0.39, 0.29) is 12.4 Å². The van der Waals surface area contributed by atoms with Gasteiger partial charge in [0.2, 0.25) is 0 Å². The van der Waals surface area contributed by atoms with Gasteiger partial charge in [0, 0.05) is 11.0 Å². The van der Waals surface area contributed by atoms with Gasteiger partial charge in [0.1, 0.15) is 11.4 Å². The molecule has 0 fully saturated rings. The van der Waals surface area contributed by atoms with E-state index in [0.29, 0.717) is 10.0 Å². The summed E-state index contributed by atoms with van der Waals surface area (Å²) in [6.07, 6.45) is -0.556. The second-order valence-electron chi connectivity index (χ2n) is 5.10. The number of ether oxygens (including phenoxy) is 1. The molecule has 1 aromatic carbocycles. The van der Waals surface area contributed by atoms with Crippen molar-refractivity contribution >= 4 is 22.0 Å². The van der Waals surface area contributed by atoms with Crippen molar-refractivity contribution in [2.24, 2.45) is 5.73 Å². The zero-order valence-electron chi connectivity index (χ0n) is 11.2. The molecule has 0 saturated heterocycles. The second-order valence-corrected chi connectivity index (χ2v) is 5.95. The summed E-state index contributed by atoms with van der Waals surface area (Å²) in [7, 11) is 0. The highest BCUT2D eigenvalue weighted by Crippen LogP contribution is 2.24. The lowest BCUT2D eigenvalue weighted by Crippen LogP contribution is -2.37. The molecule has 1 atom stereocenters. The Balaban J connectivity index is 2.81. The fourth-order valence-electron chi connectivity index (χ4n) is 1.50. The van der Waals surface area contributed by atoms with Gasteiger partial charge in [0.25, 0.3) is 0 Å². The minimum atomic E-state index is -0.580. The van der Waals surface area contributed by atoms with Gasteiger partial charge in [0.05, 0.1) is 6.04 Å². The van der Waals surface area contributed by atoms with Crippen molar-refractivity contribution in [2.75, 3.05) is 6.54 Å².